The van der Waals surface area contributed by atoms with Gasteiger partial charge in [0.25, 0.3) is 0 Å². The van der Waals surface area contributed by atoms with Crippen molar-refractivity contribution in [2.24, 2.45) is 0 Å². The van der Waals surface area contributed by atoms with E-state index in [-0.39, 0.29) is 11.9 Å². The molecule has 0 unspecified atom stereocenters. The highest BCUT2D eigenvalue weighted by Crippen LogP contribution is 2.05. The van der Waals surface area contributed by atoms with E-state index in [2.05, 4.69) is 15.6 Å². The maximum Gasteiger partial charge on any atom is 0.237 e. The van der Waals surface area contributed by atoms with E-state index in [1.807, 2.05) is 6.92 Å². The van der Waals surface area contributed by atoms with Crippen molar-refractivity contribution in [1.82, 2.24) is 15.6 Å². The van der Waals surface area contributed by atoms with Gasteiger partial charge < -0.3 is 15.1 Å². The molecule has 0 bridgehead atoms. The fourth-order valence-corrected chi connectivity index (χ4v) is 1.68. The van der Waals surface area contributed by atoms with E-state index in [4.69, 9.17) is 4.42 Å². The van der Waals surface area contributed by atoms with E-state index in [0.29, 0.717) is 12.4 Å². The molecule has 0 aromatic carbocycles. The van der Waals surface area contributed by atoms with Crippen molar-refractivity contribution < 1.29 is 9.21 Å². The first-order valence-electron chi connectivity index (χ1n) is 5.18. The number of rotatable bonds is 3. The van der Waals surface area contributed by atoms with Crippen molar-refractivity contribution in [2.75, 3.05) is 6.54 Å². The fourth-order valence-electron chi connectivity index (χ4n) is 1.68. The molecule has 1 aliphatic heterocycles. The Kier molecular flexibility index (Phi) is 3.01. The maximum absolute atomic E-state index is 11.6. The van der Waals surface area contributed by atoms with Crippen molar-refractivity contribution in [3.63, 3.8) is 0 Å². The topological polar surface area (TPSA) is 67.2 Å². The molecule has 5 nitrogen and oxygen atoms in total. The number of carbonyl (C=O) groups excluding carboxylic acids is 1. The number of aromatic nitrogens is 1. The molecular weight excluding hydrogens is 194 g/mol. The molecule has 82 valence electrons. The number of oxazole rings is 1. The summed E-state index contributed by atoms with van der Waals surface area (Å²) in [5, 5.41) is 5.93. The van der Waals surface area contributed by atoms with Crippen molar-refractivity contribution in [2.45, 2.75) is 32.4 Å². The zero-order valence-corrected chi connectivity index (χ0v) is 8.75. The maximum atomic E-state index is 11.6. The molecule has 0 saturated carbocycles. The van der Waals surface area contributed by atoms with Crippen LogP contribution in [0.2, 0.25) is 0 Å². The third-order valence-corrected chi connectivity index (χ3v) is 2.46. The molecule has 1 atom stereocenters. The van der Waals surface area contributed by atoms with Gasteiger partial charge in [-0.1, -0.05) is 0 Å². The third-order valence-electron chi connectivity index (χ3n) is 2.46. The number of aryl methyl sites for hydroxylation is 1. The van der Waals surface area contributed by atoms with Crippen molar-refractivity contribution in [1.29, 1.82) is 0 Å². The fraction of sp³-hybridized carbons (Fsp3) is 0.600. The SMILES string of the molecule is Cc1cnc(CNC(=O)[C@@H]2CCCN2)o1. The van der Waals surface area contributed by atoms with Gasteiger partial charge in [-0.05, 0) is 26.3 Å². The Balaban J connectivity index is 1.80. The second kappa shape index (κ2) is 4.44. The van der Waals surface area contributed by atoms with Crippen LogP contribution in [0.15, 0.2) is 10.6 Å². The molecular formula is C10H15N3O2. The molecule has 1 saturated heterocycles. The number of hydrogen-bond acceptors (Lipinski definition) is 4. The number of hydrogen-bond donors (Lipinski definition) is 2. The predicted molar refractivity (Wildman–Crippen MR) is 54.1 cm³/mol. The average molecular weight is 209 g/mol. The van der Waals surface area contributed by atoms with Gasteiger partial charge in [0.15, 0.2) is 0 Å². The summed E-state index contributed by atoms with van der Waals surface area (Å²) in [4.78, 5) is 15.6. The van der Waals surface area contributed by atoms with E-state index < -0.39 is 0 Å². The summed E-state index contributed by atoms with van der Waals surface area (Å²) in [5.74, 6) is 1.35. The zero-order chi connectivity index (χ0) is 10.7. The van der Waals surface area contributed by atoms with Gasteiger partial charge in [-0.2, -0.15) is 0 Å². The van der Waals surface area contributed by atoms with Crippen LogP contribution in [0.1, 0.15) is 24.5 Å². The van der Waals surface area contributed by atoms with Gasteiger partial charge in [0, 0.05) is 0 Å². The largest absolute Gasteiger partial charge is 0.444 e. The number of amides is 1. The number of nitrogens with one attached hydrogen (secondary N) is 2. The lowest BCUT2D eigenvalue weighted by atomic mass is 10.2. The minimum absolute atomic E-state index is 0.0309. The normalized spacial score (nSPS) is 20.5. The number of nitrogens with zero attached hydrogens (tertiary/aromatic N) is 1. The van der Waals surface area contributed by atoms with Crippen LogP contribution in [0, 0.1) is 6.92 Å². The Morgan fingerprint density at radius 2 is 2.67 bits per heavy atom. The van der Waals surface area contributed by atoms with Crippen LogP contribution in [0.4, 0.5) is 0 Å². The summed E-state index contributed by atoms with van der Waals surface area (Å²) in [6, 6.07) is -0.0407. The quantitative estimate of drug-likeness (QED) is 0.754. The van der Waals surface area contributed by atoms with Gasteiger partial charge in [0.05, 0.1) is 18.8 Å². The minimum atomic E-state index is -0.0407. The van der Waals surface area contributed by atoms with Gasteiger partial charge in [-0.25, -0.2) is 4.98 Å². The van der Waals surface area contributed by atoms with Gasteiger partial charge >= 0.3 is 0 Å². The lowest BCUT2D eigenvalue weighted by molar-refractivity contribution is -0.123. The molecule has 0 radical (unpaired) electrons. The predicted octanol–water partition coefficient (Wildman–Crippen LogP) is 0.351. The van der Waals surface area contributed by atoms with Crippen molar-refractivity contribution >= 4 is 5.91 Å². The Hall–Kier alpha value is -1.36. The average Bonchev–Trinajstić information content (AvgIpc) is 2.84. The molecule has 1 amide bonds. The van der Waals surface area contributed by atoms with Crippen molar-refractivity contribution in [3.05, 3.63) is 17.8 Å². The van der Waals surface area contributed by atoms with Crippen molar-refractivity contribution in [3.8, 4) is 0 Å². The minimum Gasteiger partial charge on any atom is -0.444 e. The van der Waals surface area contributed by atoms with Crippen LogP contribution in [0.25, 0.3) is 0 Å². The first-order chi connectivity index (χ1) is 7.25. The van der Waals surface area contributed by atoms with Crippen LogP contribution in [-0.4, -0.2) is 23.5 Å². The smallest absolute Gasteiger partial charge is 0.237 e. The molecule has 2 rings (SSSR count). The Morgan fingerprint density at radius 1 is 1.80 bits per heavy atom. The summed E-state index contributed by atoms with van der Waals surface area (Å²) < 4.78 is 5.25. The lowest BCUT2D eigenvalue weighted by Crippen LogP contribution is -2.40. The summed E-state index contributed by atoms with van der Waals surface area (Å²) in [7, 11) is 0. The van der Waals surface area contributed by atoms with Crippen LogP contribution in [0.5, 0.6) is 0 Å². The van der Waals surface area contributed by atoms with Gasteiger partial charge in [-0.3, -0.25) is 4.79 Å². The molecule has 1 aromatic heterocycles. The van der Waals surface area contributed by atoms with Gasteiger partial charge in [0.2, 0.25) is 11.8 Å². The Morgan fingerprint density at radius 3 is 3.27 bits per heavy atom. The molecule has 0 spiro atoms. The van der Waals surface area contributed by atoms with Gasteiger partial charge in [0.1, 0.15) is 5.76 Å². The monoisotopic (exact) mass is 209 g/mol. The van der Waals surface area contributed by atoms with E-state index in [1.54, 1.807) is 6.20 Å². The van der Waals surface area contributed by atoms with E-state index >= 15 is 0 Å². The third kappa shape index (κ3) is 2.56. The highest BCUT2D eigenvalue weighted by Gasteiger charge is 2.21. The van der Waals surface area contributed by atoms with E-state index in [1.165, 1.54) is 0 Å². The van der Waals surface area contributed by atoms with Crippen LogP contribution < -0.4 is 10.6 Å². The molecule has 1 aromatic rings. The molecule has 1 aliphatic rings. The first-order valence-corrected chi connectivity index (χ1v) is 5.18. The zero-order valence-electron chi connectivity index (χ0n) is 8.75. The highest BCUT2D eigenvalue weighted by atomic mass is 16.4. The Bertz CT molecular complexity index is 342. The van der Waals surface area contributed by atoms with E-state index in [9.17, 15) is 4.79 Å². The van der Waals surface area contributed by atoms with E-state index in [0.717, 1.165) is 25.1 Å². The molecule has 5 heteroatoms. The standard InChI is InChI=1S/C10H15N3O2/c1-7-5-12-9(15-7)6-13-10(14)8-3-2-4-11-8/h5,8,11H,2-4,6H2,1H3,(H,13,14)/t8-/m0/s1. The molecule has 2 N–H and O–H groups in total. The summed E-state index contributed by atoms with van der Waals surface area (Å²) in [6.07, 6.45) is 3.63. The second-order valence-corrected chi connectivity index (χ2v) is 3.73. The number of carbonyl (C=O) groups is 1. The first kappa shape index (κ1) is 10.2. The lowest BCUT2D eigenvalue weighted by Gasteiger charge is -2.09. The van der Waals surface area contributed by atoms with Gasteiger partial charge in [-0.15, -0.1) is 0 Å². The van der Waals surface area contributed by atoms with Crippen LogP contribution in [0.3, 0.4) is 0 Å². The summed E-state index contributed by atoms with van der Waals surface area (Å²) >= 11 is 0. The Labute approximate surface area is 88.3 Å². The highest BCUT2D eigenvalue weighted by molar-refractivity contribution is 5.81. The molecule has 0 aliphatic carbocycles. The summed E-state index contributed by atoms with van der Waals surface area (Å²) in [5.41, 5.74) is 0. The molecule has 1 fully saturated rings. The molecule has 2 heterocycles. The van der Waals surface area contributed by atoms with Crippen LogP contribution >= 0.6 is 0 Å². The van der Waals surface area contributed by atoms with Crippen LogP contribution in [-0.2, 0) is 11.3 Å². The molecule has 15 heavy (non-hydrogen) atoms. The summed E-state index contributed by atoms with van der Waals surface area (Å²) in [6.45, 7) is 3.12. The second-order valence-electron chi connectivity index (χ2n) is 3.73.